The van der Waals surface area contributed by atoms with Crippen molar-refractivity contribution in [3.63, 3.8) is 0 Å². The third-order valence-electron chi connectivity index (χ3n) is 2.82. The van der Waals surface area contributed by atoms with Gasteiger partial charge in [0.2, 0.25) is 0 Å². The zero-order valence-electron chi connectivity index (χ0n) is 10.5. The molecule has 0 spiro atoms. The van der Waals surface area contributed by atoms with Gasteiger partial charge >= 0.3 is 0 Å². The van der Waals surface area contributed by atoms with Crippen LogP contribution in [0.1, 0.15) is 18.5 Å². The number of halogens is 2. The highest BCUT2D eigenvalue weighted by atomic mass is 79.9. The van der Waals surface area contributed by atoms with E-state index in [1.807, 2.05) is 31.2 Å². The Kier molecular flexibility index (Phi) is 4.27. The van der Waals surface area contributed by atoms with Crippen LogP contribution in [-0.2, 0) is 7.05 Å². The molecule has 0 bridgehead atoms. The van der Waals surface area contributed by atoms with Crippen LogP contribution in [0, 0.1) is 0 Å². The smallest absolute Gasteiger partial charge is 0.282 e. The second-order valence-corrected chi connectivity index (χ2v) is 5.45. The fourth-order valence-electron chi connectivity index (χ4n) is 1.68. The number of hydrogen-bond acceptors (Lipinski definition) is 3. The van der Waals surface area contributed by atoms with Crippen LogP contribution in [-0.4, -0.2) is 9.78 Å². The van der Waals surface area contributed by atoms with Gasteiger partial charge < -0.3 is 5.32 Å². The third kappa shape index (κ3) is 3.16. The second kappa shape index (κ2) is 5.75. The van der Waals surface area contributed by atoms with E-state index >= 15 is 0 Å². The molecule has 1 aromatic carbocycles. The molecule has 100 valence electrons. The molecule has 1 atom stereocenters. The molecule has 1 aromatic heterocycles. The topological polar surface area (TPSA) is 46.9 Å². The monoisotopic (exact) mass is 341 g/mol. The average molecular weight is 343 g/mol. The van der Waals surface area contributed by atoms with Gasteiger partial charge in [0.15, 0.2) is 0 Å². The van der Waals surface area contributed by atoms with Gasteiger partial charge in [0, 0.05) is 18.1 Å². The number of aromatic nitrogens is 2. The Morgan fingerprint density at radius 1 is 1.37 bits per heavy atom. The van der Waals surface area contributed by atoms with Crippen molar-refractivity contribution in [1.29, 1.82) is 0 Å². The molecule has 1 N–H and O–H groups in total. The zero-order valence-corrected chi connectivity index (χ0v) is 12.9. The Balaban J connectivity index is 2.24. The van der Waals surface area contributed by atoms with E-state index in [2.05, 4.69) is 26.3 Å². The summed E-state index contributed by atoms with van der Waals surface area (Å²) in [7, 11) is 1.61. The zero-order chi connectivity index (χ0) is 14.0. The molecule has 2 aromatic rings. The maximum Gasteiger partial charge on any atom is 0.282 e. The first-order valence-electron chi connectivity index (χ1n) is 5.73. The van der Waals surface area contributed by atoms with Crippen LogP contribution in [0.25, 0.3) is 0 Å². The van der Waals surface area contributed by atoms with Gasteiger partial charge in [-0.2, -0.15) is 5.10 Å². The van der Waals surface area contributed by atoms with Crippen molar-refractivity contribution in [3.8, 4) is 0 Å². The van der Waals surface area contributed by atoms with Gasteiger partial charge in [-0.25, -0.2) is 4.68 Å². The highest BCUT2D eigenvalue weighted by molar-refractivity contribution is 9.10. The summed E-state index contributed by atoms with van der Waals surface area (Å²) < 4.78 is 1.76. The Morgan fingerprint density at radius 3 is 2.63 bits per heavy atom. The van der Waals surface area contributed by atoms with Crippen LogP contribution in [0.3, 0.4) is 0 Å². The molecular formula is C13H13BrClN3O. The SMILES string of the molecule is CC(Nc1cnn(C)c(=O)c1Br)c1ccc(Cl)cc1. The summed E-state index contributed by atoms with van der Waals surface area (Å²) in [6.45, 7) is 2.01. The Morgan fingerprint density at radius 2 is 2.00 bits per heavy atom. The van der Waals surface area contributed by atoms with Gasteiger partial charge in [-0.1, -0.05) is 23.7 Å². The lowest BCUT2D eigenvalue weighted by molar-refractivity contribution is 0.701. The van der Waals surface area contributed by atoms with Gasteiger partial charge in [-0.3, -0.25) is 4.79 Å². The largest absolute Gasteiger partial charge is 0.376 e. The second-order valence-electron chi connectivity index (χ2n) is 4.22. The summed E-state index contributed by atoms with van der Waals surface area (Å²) in [6, 6.07) is 7.62. The van der Waals surface area contributed by atoms with Crippen molar-refractivity contribution >= 4 is 33.2 Å². The Hall–Kier alpha value is -1.33. The summed E-state index contributed by atoms with van der Waals surface area (Å²) in [6.07, 6.45) is 1.62. The maximum absolute atomic E-state index is 11.7. The molecule has 0 fully saturated rings. The minimum atomic E-state index is -0.173. The summed E-state index contributed by atoms with van der Waals surface area (Å²) >= 11 is 9.14. The molecule has 19 heavy (non-hydrogen) atoms. The van der Waals surface area contributed by atoms with Gasteiger partial charge in [-0.05, 0) is 40.5 Å². The summed E-state index contributed by atoms with van der Waals surface area (Å²) in [5.74, 6) is 0. The minimum Gasteiger partial charge on any atom is -0.376 e. The Labute approximate surface area is 124 Å². The first-order valence-corrected chi connectivity index (χ1v) is 6.90. The van der Waals surface area contributed by atoms with E-state index in [9.17, 15) is 4.79 Å². The van der Waals surface area contributed by atoms with Gasteiger partial charge in [0.1, 0.15) is 4.47 Å². The van der Waals surface area contributed by atoms with Crippen LogP contribution in [0.15, 0.2) is 39.7 Å². The van der Waals surface area contributed by atoms with Crippen molar-refractivity contribution in [2.75, 3.05) is 5.32 Å². The van der Waals surface area contributed by atoms with E-state index in [0.717, 1.165) is 5.56 Å². The summed E-state index contributed by atoms with van der Waals surface area (Å²) in [5, 5.41) is 7.94. The number of rotatable bonds is 3. The predicted molar refractivity (Wildman–Crippen MR) is 80.7 cm³/mol. The molecule has 4 nitrogen and oxygen atoms in total. The number of nitrogens with zero attached hydrogens (tertiary/aromatic N) is 2. The average Bonchev–Trinajstić information content (AvgIpc) is 2.40. The fourth-order valence-corrected chi connectivity index (χ4v) is 2.28. The molecule has 0 amide bonds. The van der Waals surface area contributed by atoms with Crippen molar-refractivity contribution in [2.45, 2.75) is 13.0 Å². The first-order chi connectivity index (χ1) is 8.99. The van der Waals surface area contributed by atoms with Gasteiger partial charge in [0.25, 0.3) is 5.56 Å². The van der Waals surface area contributed by atoms with Crippen LogP contribution in [0.2, 0.25) is 5.02 Å². The van der Waals surface area contributed by atoms with E-state index in [4.69, 9.17) is 11.6 Å². The summed E-state index contributed by atoms with van der Waals surface area (Å²) in [4.78, 5) is 11.7. The highest BCUT2D eigenvalue weighted by Gasteiger charge is 2.11. The lowest BCUT2D eigenvalue weighted by atomic mass is 10.1. The number of anilines is 1. The molecule has 0 radical (unpaired) electrons. The molecule has 2 rings (SSSR count). The third-order valence-corrected chi connectivity index (χ3v) is 3.84. The minimum absolute atomic E-state index is 0.0440. The first kappa shape index (κ1) is 14.1. The van der Waals surface area contributed by atoms with Crippen molar-refractivity contribution in [2.24, 2.45) is 7.05 Å². The maximum atomic E-state index is 11.7. The van der Waals surface area contributed by atoms with E-state index in [-0.39, 0.29) is 11.6 Å². The number of hydrogen-bond donors (Lipinski definition) is 1. The number of aryl methyl sites for hydroxylation is 1. The lowest BCUT2D eigenvalue weighted by Gasteiger charge is -2.16. The highest BCUT2D eigenvalue weighted by Crippen LogP contribution is 2.23. The van der Waals surface area contributed by atoms with Gasteiger partial charge in [-0.15, -0.1) is 0 Å². The Bertz CT molecular complexity index is 639. The van der Waals surface area contributed by atoms with E-state index in [1.54, 1.807) is 13.2 Å². The van der Waals surface area contributed by atoms with Crippen LogP contribution >= 0.6 is 27.5 Å². The fraction of sp³-hybridized carbons (Fsp3) is 0.231. The molecular weight excluding hydrogens is 330 g/mol. The molecule has 1 unspecified atom stereocenters. The van der Waals surface area contributed by atoms with E-state index in [0.29, 0.717) is 15.2 Å². The van der Waals surface area contributed by atoms with Crippen molar-refractivity contribution < 1.29 is 0 Å². The molecule has 1 heterocycles. The quantitative estimate of drug-likeness (QED) is 0.930. The molecule has 0 saturated carbocycles. The van der Waals surface area contributed by atoms with Crippen molar-refractivity contribution in [3.05, 3.63) is 55.9 Å². The standard InChI is InChI=1S/C13H13BrClN3O/c1-8(9-3-5-10(15)6-4-9)17-11-7-16-18(2)13(19)12(11)14/h3-8,17H,1-2H3. The van der Waals surface area contributed by atoms with E-state index < -0.39 is 0 Å². The normalized spacial score (nSPS) is 12.2. The van der Waals surface area contributed by atoms with Crippen molar-refractivity contribution in [1.82, 2.24) is 9.78 Å². The summed E-state index contributed by atoms with van der Waals surface area (Å²) in [5.41, 5.74) is 1.58. The molecule has 6 heteroatoms. The number of nitrogens with one attached hydrogen (secondary N) is 1. The van der Waals surface area contributed by atoms with E-state index in [1.165, 1.54) is 4.68 Å². The predicted octanol–water partition coefficient (Wildman–Crippen LogP) is 3.37. The molecule has 0 aliphatic carbocycles. The lowest BCUT2D eigenvalue weighted by Crippen LogP contribution is -2.22. The molecule has 0 saturated heterocycles. The van der Waals surface area contributed by atoms with Gasteiger partial charge in [0.05, 0.1) is 11.9 Å². The van der Waals surface area contributed by atoms with Crippen LogP contribution in [0.4, 0.5) is 5.69 Å². The molecule has 0 aliphatic heterocycles. The van der Waals surface area contributed by atoms with Crippen LogP contribution in [0.5, 0.6) is 0 Å². The number of benzene rings is 1. The molecule has 0 aliphatic rings. The van der Waals surface area contributed by atoms with Crippen LogP contribution < -0.4 is 10.9 Å².